The van der Waals surface area contributed by atoms with E-state index in [4.69, 9.17) is 27.9 Å². The second kappa shape index (κ2) is 9.31. The van der Waals surface area contributed by atoms with Gasteiger partial charge < -0.3 is 19.9 Å². The van der Waals surface area contributed by atoms with E-state index in [1.54, 1.807) is 30.3 Å². The number of amides is 1. The summed E-state index contributed by atoms with van der Waals surface area (Å²) in [6, 6.07) is 12.6. The molecule has 0 aromatic heterocycles. The van der Waals surface area contributed by atoms with Gasteiger partial charge in [-0.1, -0.05) is 36.2 Å². The number of carbonyl (C=O) groups excluding carboxylic acids is 1. The molecule has 0 atom stereocenters. The fourth-order valence-electron chi connectivity index (χ4n) is 3.08. The van der Waals surface area contributed by atoms with Crippen molar-refractivity contribution in [1.29, 1.82) is 0 Å². The lowest BCUT2D eigenvalue weighted by atomic mass is 10.2. The van der Waals surface area contributed by atoms with Crippen molar-refractivity contribution in [3.8, 4) is 5.75 Å². The van der Waals surface area contributed by atoms with E-state index in [-0.39, 0.29) is 12.5 Å². The van der Waals surface area contributed by atoms with Gasteiger partial charge in [0.05, 0.1) is 11.4 Å². The van der Waals surface area contributed by atoms with Gasteiger partial charge in [0, 0.05) is 36.2 Å². The SMILES string of the molecule is CCN1CCN(c2ccc(Cl)cc2NC(=O)COc2cccc(Cl)c2)CC1. The summed E-state index contributed by atoms with van der Waals surface area (Å²) in [5.41, 5.74) is 1.68. The Kier molecular flexibility index (Phi) is 6.83. The fraction of sp³-hybridized carbons (Fsp3) is 0.350. The van der Waals surface area contributed by atoms with Crippen LogP contribution in [0.2, 0.25) is 10.0 Å². The summed E-state index contributed by atoms with van der Waals surface area (Å²) in [6.07, 6.45) is 0. The molecule has 1 fully saturated rings. The predicted octanol–water partition coefficient (Wildman–Crippen LogP) is 4.15. The van der Waals surface area contributed by atoms with Crippen molar-refractivity contribution >= 4 is 40.5 Å². The highest BCUT2D eigenvalue weighted by molar-refractivity contribution is 6.31. The van der Waals surface area contributed by atoms with E-state index in [0.717, 1.165) is 38.4 Å². The third-order valence-electron chi connectivity index (χ3n) is 4.56. The Hall–Kier alpha value is -1.95. The lowest BCUT2D eigenvalue weighted by molar-refractivity contribution is -0.118. The summed E-state index contributed by atoms with van der Waals surface area (Å²) >= 11 is 12.1. The molecule has 1 N–H and O–H groups in total. The van der Waals surface area contributed by atoms with E-state index < -0.39 is 0 Å². The quantitative estimate of drug-likeness (QED) is 0.780. The number of anilines is 2. The average Bonchev–Trinajstić information content (AvgIpc) is 2.67. The molecule has 1 saturated heterocycles. The first-order chi connectivity index (χ1) is 13.0. The first kappa shape index (κ1) is 19.8. The number of halogens is 2. The maximum atomic E-state index is 12.4. The molecule has 27 heavy (non-hydrogen) atoms. The maximum Gasteiger partial charge on any atom is 0.262 e. The first-order valence-corrected chi connectivity index (χ1v) is 9.76. The minimum atomic E-state index is -0.245. The number of nitrogens with zero attached hydrogens (tertiary/aromatic N) is 2. The van der Waals surface area contributed by atoms with Crippen molar-refractivity contribution in [2.24, 2.45) is 0 Å². The molecule has 2 aromatic carbocycles. The Balaban J connectivity index is 1.65. The van der Waals surface area contributed by atoms with Crippen LogP contribution < -0.4 is 15.0 Å². The predicted molar refractivity (Wildman–Crippen MR) is 111 cm³/mol. The molecule has 0 aliphatic carbocycles. The number of carbonyl (C=O) groups is 1. The van der Waals surface area contributed by atoms with Crippen LogP contribution in [-0.2, 0) is 4.79 Å². The van der Waals surface area contributed by atoms with Gasteiger partial charge in [-0.15, -0.1) is 0 Å². The molecule has 144 valence electrons. The van der Waals surface area contributed by atoms with Crippen molar-refractivity contribution in [3.05, 3.63) is 52.5 Å². The van der Waals surface area contributed by atoms with Crippen molar-refractivity contribution in [2.75, 3.05) is 49.5 Å². The number of hydrogen-bond acceptors (Lipinski definition) is 4. The molecule has 3 rings (SSSR count). The van der Waals surface area contributed by atoms with Crippen LogP contribution >= 0.6 is 23.2 Å². The molecule has 0 bridgehead atoms. The Morgan fingerprint density at radius 2 is 1.81 bits per heavy atom. The largest absolute Gasteiger partial charge is 0.484 e. The zero-order chi connectivity index (χ0) is 19.2. The number of hydrogen-bond donors (Lipinski definition) is 1. The summed E-state index contributed by atoms with van der Waals surface area (Å²) < 4.78 is 5.52. The highest BCUT2D eigenvalue weighted by Gasteiger charge is 2.19. The van der Waals surface area contributed by atoms with Gasteiger partial charge in [-0.25, -0.2) is 0 Å². The van der Waals surface area contributed by atoms with Crippen LogP contribution in [0, 0.1) is 0 Å². The zero-order valence-corrected chi connectivity index (χ0v) is 16.8. The summed E-state index contributed by atoms with van der Waals surface area (Å²) in [6.45, 7) is 6.96. The van der Waals surface area contributed by atoms with Gasteiger partial charge in [-0.3, -0.25) is 4.79 Å². The van der Waals surface area contributed by atoms with E-state index in [1.807, 2.05) is 12.1 Å². The molecule has 0 radical (unpaired) electrons. The van der Waals surface area contributed by atoms with Gasteiger partial charge in [-0.2, -0.15) is 0 Å². The molecule has 1 aliphatic rings. The highest BCUT2D eigenvalue weighted by atomic mass is 35.5. The number of rotatable bonds is 6. The average molecular weight is 408 g/mol. The van der Waals surface area contributed by atoms with E-state index >= 15 is 0 Å². The monoisotopic (exact) mass is 407 g/mol. The van der Waals surface area contributed by atoms with E-state index in [9.17, 15) is 4.79 Å². The van der Waals surface area contributed by atoms with Gasteiger partial charge in [0.15, 0.2) is 6.61 Å². The normalized spacial score (nSPS) is 14.9. The van der Waals surface area contributed by atoms with Gasteiger partial charge in [-0.05, 0) is 42.9 Å². The standard InChI is InChI=1S/C20H23Cl2N3O2/c1-2-24-8-10-25(11-9-24)19-7-6-16(22)13-18(19)23-20(26)14-27-17-5-3-4-15(21)12-17/h3-7,12-13H,2,8-11,14H2,1H3,(H,23,26). The molecule has 5 nitrogen and oxygen atoms in total. The zero-order valence-electron chi connectivity index (χ0n) is 15.3. The van der Waals surface area contributed by atoms with E-state index in [2.05, 4.69) is 22.0 Å². The Bertz CT molecular complexity index is 793. The van der Waals surface area contributed by atoms with E-state index in [0.29, 0.717) is 21.5 Å². The minimum absolute atomic E-state index is 0.101. The Labute approximate surface area is 169 Å². The summed E-state index contributed by atoms with van der Waals surface area (Å²) in [5.74, 6) is 0.311. The van der Waals surface area contributed by atoms with Crippen LogP contribution in [0.15, 0.2) is 42.5 Å². The van der Waals surface area contributed by atoms with Crippen LogP contribution in [0.5, 0.6) is 5.75 Å². The third-order valence-corrected chi connectivity index (χ3v) is 5.03. The number of likely N-dealkylation sites (N-methyl/N-ethyl adjacent to an activating group) is 1. The molecule has 0 unspecified atom stereocenters. The number of benzene rings is 2. The highest BCUT2D eigenvalue weighted by Crippen LogP contribution is 2.30. The van der Waals surface area contributed by atoms with Gasteiger partial charge >= 0.3 is 0 Å². The van der Waals surface area contributed by atoms with Crippen molar-refractivity contribution in [1.82, 2.24) is 4.90 Å². The first-order valence-electron chi connectivity index (χ1n) is 9.00. The maximum absolute atomic E-state index is 12.4. The molecular weight excluding hydrogens is 385 g/mol. The van der Waals surface area contributed by atoms with Crippen LogP contribution in [0.25, 0.3) is 0 Å². The van der Waals surface area contributed by atoms with E-state index in [1.165, 1.54) is 0 Å². The molecule has 2 aromatic rings. The third kappa shape index (κ3) is 5.51. The number of ether oxygens (including phenoxy) is 1. The topological polar surface area (TPSA) is 44.8 Å². The van der Waals surface area contributed by atoms with Gasteiger partial charge in [0.1, 0.15) is 5.75 Å². The summed E-state index contributed by atoms with van der Waals surface area (Å²) in [5, 5.41) is 4.07. The van der Waals surface area contributed by atoms with Crippen molar-refractivity contribution in [2.45, 2.75) is 6.92 Å². The molecular formula is C20H23Cl2N3O2. The molecule has 0 saturated carbocycles. The Morgan fingerprint density at radius 1 is 1.07 bits per heavy atom. The van der Waals surface area contributed by atoms with Crippen LogP contribution in [-0.4, -0.2) is 50.1 Å². The summed E-state index contributed by atoms with van der Waals surface area (Å²) in [7, 11) is 0. The fourth-order valence-corrected chi connectivity index (χ4v) is 3.43. The molecule has 1 amide bonds. The Morgan fingerprint density at radius 3 is 2.52 bits per heavy atom. The molecule has 1 heterocycles. The molecule has 1 aliphatic heterocycles. The van der Waals surface area contributed by atoms with Crippen LogP contribution in [0.1, 0.15) is 6.92 Å². The van der Waals surface area contributed by atoms with Crippen molar-refractivity contribution < 1.29 is 9.53 Å². The number of nitrogens with one attached hydrogen (secondary N) is 1. The van der Waals surface area contributed by atoms with Crippen LogP contribution in [0.3, 0.4) is 0 Å². The molecule has 0 spiro atoms. The smallest absolute Gasteiger partial charge is 0.262 e. The van der Waals surface area contributed by atoms with Crippen LogP contribution in [0.4, 0.5) is 11.4 Å². The van der Waals surface area contributed by atoms with Gasteiger partial charge in [0.25, 0.3) is 5.91 Å². The lowest BCUT2D eigenvalue weighted by Crippen LogP contribution is -2.46. The minimum Gasteiger partial charge on any atom is -0.484 e. The summed E-state index contributed by atoms with van der Waals surface area (Å²) in [4.78, 5) is 17.1. The van der Waals surface area contributed by atoms with Gasteiger partial charge in [0.2, 0.25) is 0 Å². The second-order valence-corrected chi connectivity index (χ2v) is 7.25. The lowest BCUT2D eigenvalue weighted by Gasteiger charge is -2.36. The van der Waals surface area contributed by atoms with Crippen molar-refractivity contribution in [3.63, 3.8) is 0 Å². The molecule has 7 heteroatoms. The second-order valence-electron chi connectivity index (χ2n) is 6.38. The number of piperazine rings is 1.